The Hall–Kier alpha value is -1.30. The molecule has 0 radical (unpaired) electrons. The first-order valence-corrected chi connectivity index (χ1v) is 9.94. The zero-order valence-corrected chi connectivity index (χ0v) is 17.4. The molecule has 26 heavy (non-hydrogen) atoms. The van der Waals surface area contributed by atoms with Crippen LogP contribution in [-0.4, -0.2) is 13.2 Å². The molecule has 0 aromatic heterocycles. The van der Waals surface area contributed by atoms with Crippen LogP contribution in [0.5, 0.6) is 11.5 Å². The normalized spacial score (nSPS) is 10.8. The van der Waals surface area contributed by atoms with E-state index in [0.29, 0.717) is 28.7 Å². The molecule has 0 saturated carbocycles. The van der Waals surface area contributed by atoms with Crippen LogP contribution >= 0.6 is 27.5 Å². The first-order chi connectivity index (χ1) is 12.5. The Balaban J connectivity index is 2.13. The lowest BCUT2D eigenvalue weighted by molar-refractivity contribution is 0.267. The van der Waals surface area contributed by atoms with Gasteiger partial charge in [-0.2, -0.15) is 0 Å². The second kappa shape index (κ2) is 10.8. The molecule has 0 bridgehead atoms. The molecule has 2 aromatic carbocycles. The molecule has 0 atom stereocenters. The van der Waals surface area contributed by atoms with Crippen LogP contribution in [0.2, 0.25) is 5.02 Å². The largest absolute Gasteiger partial charge is 0.490 e. The molecular weight excluding hydrogens is 421 g/mol. The summed E-state index contributed by atoms with van der Waals surface area (Å²) in [6, 6.07) is 8.27. The van der Waals surface area contributed by atoms with Crippen LogP contribution in [0.25, 0.3) is 0 Å². The third kappa shape index (κ3) is 6.15. The molecule has 0 fully saturated rings. The van der Waals surface area contributed by atoms with Crippen LogP contribution < -0.4 is 14.8 Å². The minimum atomic E-state index is -0.366. The number of nitrogens with one attached hydrogen (secondary N) is 1. The van der Waals surface area contributed by atoms with E-state index in [2.05, 4.69) is 28.2 Å². The van der Waals surface area contributed by atoms with Gasteiger partial charge in [-0.3, -0.25) is 0 Å². The monoisotopic (exact) mass is 443 g/mol. The highest BCUT2D eigenvalue weighted by molar-refractivity contribution is 9.10. The molecule has 0 aliphatic heterocycles. The highest BCUT2D eigenvalue weighted by atomic mass is 79.9. The average Bonchev–Trinajstić information content (AvgIpc) is 2.60. The summed E-state index contributed by atoms with van der Waals surface area (Å²) in [5, 5.41) is 3.76. The highest BCUT2D eigenvalue weighted by Gasteiger charge is 2.13. The van der Waals surface area contributed by atoms with Crippen molar-refractivity contribution in [3.05, 3.63) is 56.8 Å². The van der Waals surface area contributed by atoms with E-state index in [9.17, 15) is 4.39 Å². The quantitative estimate of drug-likeness (QED) is 0.449. The number of benzene rings is 2. The van der Waals surface area contributed by atoms with Crippen molar-refractivity contribution in [2.75, 3.05) is 13.2 Å². The molecule has 0 aliphatic carbocycles. The van der Waals surface area contributed by atoms with Crippen molar-refractivity contribution in [2.45, 2.75) is 39.8 Å². The lowest BCUT2D eigenvalue weighted by Gasteiger charge is -2.16. The minimum absolute atomic E-state index is 0.228. The first kappa shape index (κ1) is 21.0. The van der Waals surface area contributed by atoms with Crippen molar-refractivity contribution >= 4 is 27.5 Å². The lowest BCUT2D eigenvalue weighted by Crippen LogP contribution is -2.14. The number of unbranched alkanes of at least 4 members (excludes halogenated alkanes) is 1. The Morgan fingerprint density at radius 3 is 2.65 bits per heavy atom. The predicted octanol–water partition coefficient (Wildman–Crippen LogP) is 6.11. The highest BCUT2D eigenvalue weighted by Crippen LogP contribution is 2.37. The zero-order chi connectivity index (χ0) is 18.9. The smallest absolute Gasteiger partial charge is 0.175 e. The zero-order valence-electron chi connectivity index (χ0n) is 15.1. The second-order valence-corrected chi connectivity index (χ2v) is 7.15. The van der Waals surface area contributed by atoms with Crippen LogP contribution in [0.15, 0.2) is 34.8 Å². The van der Waals surface area contributed by atoms with Crippen LogP contribution in [0.3, 0.4) is 0 Å². The number of hydrogen-bond donors (Lipinski definition) is 1. The van der Waals surface area contributed by atoms with Gasteiger partial charge in [0.25, 0.3) is 0 Å². The maximum Gasteiger partial charge on any atom is 0.175 e. The molecule has 142 valence electrons. The molecule has 0 spiro atoms. The summed E-state index contributed by atoms with van der Waals surface area (Å²) in [7, 11) is 0. The van der Waals surface area contributed by atoms with Gasteiger partial charge in [-0.1, -0.05) is 31.0 Å². The molecule has 2 aromatic rings. The Bertz CT molecular complexity index is 727. The van der Waals surface area contributed by atoms with Gasteiger partial charge in [0.15, 0.2) is 11.5 Å². The van der Waals surface area contributed by atoms with Gasteiger partial charge in [0.1, 0.15) is 12.4 Å². The Morgan fingerprint density at radius 1 is 1.15 bits per heavy atom. The Labute approximate surface area is 168 Å². The van der Waals surface area contributed by atoms with Crippen molar-refractivity contribution in [3.63, 3.8) is 0 Å². The summed E-state index contributed by atoms with van der Waals surface area (Å²) in [5.74, 6) is 0.923. The number of ether oxygens (including phenoxy) is 2. The van der Waals surface area contributed by atoms with Gasteiger partial charge in [0, 0.05) is 12.1 Å². The molecular formula is C20H24BrClFNO2. The molecule has 2 rings (SSSR count). The molecule has 0 aliphatic rings. The fourth-order valence-electron chi connectivity index (χ4n) is 2.45. The van der Waals surface area contributed by atoms with Gasteiger partial charge in [-0.05, 0) is 65.6 Å². The van der Waals surface area contributed by atoms with E-state index in [1.54, 1.807) is 6.07 Å². The van der Waals surface area contributed by atoms with Gasteiger partial charge in [-0.15, -0.1) is 0 Å². The number of hydrogen-bond acceptors (Lipinski definition) is 3. The van der Waals surface area contributed by atoms with Gasteiger partial charge >= 0.3 is 0 Å². The van der Waals surface area contributed by atoms with Gasteiger partial charge in [0.05, 0.1) is 16.1 Å². The van der Waals surface area contributed by atoms with E-state index in [0.717, 1.165) is 29.5 Å². The summed E-state index contributed by atoms with van der Waals surface area (Å²) < 4.78 is 25.7. The van der Waals surface area contributed by atoms with E-state index in [-0.39, 0.29) is 12.4 Å². The van der Waals surface area contributed by atoms with Crippen molar-refractivity contribution in [1.82, 2.24) is 5.32 Å². The van der Waals surface area contributed by atoms with E-state index < -0.39 is 0 Å². The summed E-state index contributed by atoms with van der Waals surface area (Å²) in [6.45, 7) is 6.62. The van der Waals surface area contributed by atoms with E-state index >= 15 is 0 Å². The van der Waals surface area contributed by atoms with Crippen LogP contribution in [-0.2, 0) is 13.2 Å². The van der Waals surface area contributed by atoms with Crippen LogP contribution in [0, 0.1) is 5.82 Å². The van der Waals surface area contributed by atoms with Crippen LogP contribution in [0.1, 0.15) is 37.8 Å². The third-order valence-corrected chi connectivity index (χ3v) is 4.73. The number of halogens is 3. The van der Waals surface area contributed by atoms with Gasteiger partial charge < -0.3 is 14.8 Å². The van der Waals surface area contributed by atoms with Gasteiger partial charge in [-0.25, -0.2) is 4.39 Å². The molecule has 1 N–H and O–H groups in total. The average molecular weight is 445 g/mol. The summed E-state index contributed by atoms with van der Waals surface area (Å²) in [6.07, 6.45) is 2.32. The predicted molar refractivity (Wildman–Crippen MR) is 108 cm³/mol. The second-order valence-electron chi connectivity index (χ2n) is 5.89. The summed E-state index contributed by atoms with van der Waals surface area (Å²) in [4.78, 5) is 0. The molecule has 0 amide bonds. The van der Waals surface area contributed by atoms with Gasteiger partial charge in [0.2, 0.25) is 0 Å². The summed E-state index contributed by atoms with van der Waals surface area (Å²) >= 11 is 9.64. The molecule has 0 saturated heterocycles. The Morgan fingerprint density at radius 2 is 1.96 bits per heavy atom. The molecule has 3 nitrogen and oxygen atoms in total. The van der Waals surface area contributed by atoms with Crippen molar-refractivity contribution in [2.24, 2.45) is 0 Å². The summed E-state index contributed by atoms with van der Waals surface area (Å²) in [5.41, 5.74) is 1.83. The van der Waals surface area contributed by atoms with Crippen molar-refractivity contribution in [1.29, 1.82) is 0 Å². The topological polar surface area (TPSA) is 30.5 Å². The van der Waals surface area contributed by atoms with Crippen LogP contribution in [0.4, 0.5) is 4.39 Å². The number of rotatable bonds is 10. The maximum absolute atomic E-state index is 13.2. The fourth-order valence-corrected chi connectivity index (χ4v) is 3.28. The third-order valence-electron chi connectivity index (χ3n) is 3.79. The Kier molecular flexibility index (Phi) is 8.69. The minimum Gasteiger partial charge on any atom is -0.490 e. The maximum atomic E-state index is 13.2. The lowest BCUT2D eigenvalue weighted by atomic mass is 10.2. The first-order valence-electron chi connectivity index (χ1n) is 8.77. The van der Waals surface area contributed by atoms with E-state index in [4.69, 9.17) is 21.1 Å². The van der Waals surface area contributed by atoms with E-state index in [1.165, 1.54) is 18.6 Å². The van der Waals surface area contributed by atoms with Crippen molar-refractivity contribution < 1.29 is 13.9 Å². The fraction of sp³-hybridized carbons (Fsp3) is 0.400. The molecule has 0 heterocycles. The van der Waals surface area contributed by atoms with E-state index in [1.807, 2.05) is 19.1 Å². The standard InChI is InChI=1S/C20H24BrClFNO2/c1-3-5-8-24-12-14-9-17(21)20(19(10-14)25-4-2)26-13-15-6-7-16(23)11-18(15)22/h6-7,9-11,24H,3-5,8,12-13H2,1-2H3. The molecule has 0 unspecified atom stereocenters. The molecule has 6 heteroatoms. The van der Waals surface area contributed by atoms with Crippen molar-refractivity contribution in [3.8, 4) is 11.5 Å². The SMILES string of the molecule is CCCCNCc1cc(Br)c(OCc2ccc(F)cc2Cl)c(OCC)c1.